The van der Waals surface area contributed by atoms with Crippen molar-refractivity contribution < 1.29 is 9.84 Å². The summed E-state index contributed by atoms with van der Waals surface area (Å²) < 4.78 is 5.17. The molecule has 2 aromatic carbocycles. The Hall–Kier alpha value is -2.07. The minimum absolute atomic E-state index is 0.233. The Morgan fingerprint density at radius 3 is 2.62 bits per heavy atom. The normalized spacial score (nSPS) is 10.3. The lowest BCUT2D eigenvalue weighted by Crippen LogP contribution is -2.12. The molecule has 0 unspecified atom stereocenters. The maximum Gasteiger partial charge on any atom is 0.120 e. The van der Waals surface area contributed by atoms with E-state index < -0.39 is 0 Å². The average Bonchev–Trinajstić information content (AvgIpc) is 2.46. The largest absolute Gasteiger partial charge is 0.508 e. The first-order valence-electron chi connectivity index (χ1n) is 6.58. The lowest BCUT2D eigenvalue weighted by Gasteiger charge is -2.19. The zero-order valence-electron chi connectivity index (χ0n) is 12.4. The molecular formula is C16H19ClN2O2. The van der Waals surface area contributed by atoms with E-state index in [-0.39, 0.29) is 5.75 Å². The number of hydrogen-bond donors (Lipinski definition) is 2. The smallest absolute Gasteiger partial charge is 0.120 e. The maximum atomic E-state index is 9.91. The second-order valence-corrected chi connectivity index (χ2v) is 5.34. The summed E-state index contributed by atoms with van der Waals surface area (Å²) >= 11 is 6.05. The van der Waals surface area contributed by atoms with Gasteiger partial charge in [0.2, 0.25) is 0 Å². The van der Waals surface area contributed by atoms with E-state index in [1.807, 2.05) is 43.3 Å². The van der Waals surface area contributed by atoms with Gasteiger partial charge in [0.15, 0.2) is 0 Å². The van der Waals surface area contributed by atoms with Crippen molar-refractivity contribution in [3.05, 3.63) is 47.0 Å². The molecule has 0 aromatic heterocycles. The molecule has 0 saturated heterocycles. The van der Waals surface area contributed by atoms with Crippen LogP contribution >= 0.6 is 11.6 Å². The fourth-order valence-electron chi connectivity index (χ4n) is 2.06. The van der Waals surface area contributed by atoms with Crippen LogP contribution in [0.15, 0.2) is 36.4 Å². The van der Waals surface area contributed by atoms with Crippen molar-refractivity contribution in [3.63, 3.8) is 0 Å². The van der Waals surface area contributed by atoms with E-state index in [0.717, 1.165) is 16.9 Å². The predicted molar refractivity (Wildman–Crippen MR) is 87.8 cm³/mol. The van der Waals surface area contributed by atoms with Crippen LogP contribution in [0.5, 0.6) is 11.5 Å². The Morgan fingerprint density at radius 2 is 1.95 bits per heavy atom. The van der Waals surface area contributed by atoms with Crippen LogP contribution in [-0.4, -0.2) is 26.3 Å². The Kier molecular flexibility index (Phi) is 4.81. The number of methoxy groups -OCH3 is 1. The van der Waals surface area contributed by atoms with Gasteiger partial charge in [0, 0.05) is 31.2 Å². The Bertz CT molecular complexity index is 630. The number of phenols is 1. The molecule has 0 spiro atoms. The standard InChI is InChI=1S/C16H19ClN2O2/c1-19(2)15-6-4-12(17)9-14(15)18-10-11-8-13(21-3)5-7-16(11)20/h4-9,18,20H,10H2,1-3H3. The highest BCUT2D eigenvalue weighted by Crippen LogP contribution is 2.30. The first kappa shape index (κ1) is 15.3. The molecule has 112 valence electrons. The molecule has 0 radical (unpaired) electrons. The number of nitrogens with one attached hydrogen (secondary N) is 1. The van der Waals surface area contributed by atoms with Crippen molar-refractivity contribution in [1.29, 1.82) is 0 Å². The first-order chi connectivity index (χ1) is 10.0. The van der Waals surface area contributed by atoms with Crippen molar-refractivity contribution in [2.75, 3.05) is 31.4 Å². The minimum Gasteiger partial charge on any atom is -0.508 e. The number of benzene rings is 2. The summed E-state index contributed by atoms with van der Waals surface area (Å²) in [6.45, 7) is 0.476. The summed E-state index contributed by atoms with van der Waals surface area (Å²) in [5.74, 6) is 0.945. The number of aromatic hydroxyl groups is 1. The van der Waals surface area contributed by atoms with Crippen LogP contribution in [0.4, 0.5) is 11.4 Å². The van der Waals surface area contributed by atoms with E-state index in [1.165, 1.54) is 0 Å². The highest BCUT2D eigenvalue weighted by atomic mass is 35.5. The van der Waals surface area contributed by atoms with Gasteiger partial charge in [0.05, 0.1) is 18.5 Å². The Labute approximate surface area is 129 Å². The molecule has 2 N–H and O–H groups in total. The van der Waals surface area contributed by atoms with Crippen LogP contribution in [0.25, 0.3) is 0 Å². The molecule has 0 heterocycles. The zero-order valence-corrected chi connectivity index (χ0v) is 13.1. The molecule has 0 aliphatic carbocycles. The molecule has 0 atom stereocenters. The highest BCUT2D eigenvalue weighted by molar-refractivity contribution is 6.31. The predicted octanol–water partition coefficient (Wildman–Crippen LogP) is 3.73. The SMILES string of the molecule is COc1ccc(O)c(CNc2cc(Cl)ccc2N(C)C)c1. The van der Waals surface area contributed by atoms with Crippen LogP contribution in [0.1, 0.15) is 5.56 Å². The molecular weight excluding hydrogens is 288 g/mol. The number of hydrogen-bond acceptors (Lipinski definition) is 4. The number of rotatable bonds is 5. The van der Waals surface area contributed by atoms with Gasteiger partial charge in [0.25, 0.3) is 0 Å². The van der Waals surface area contributed by atoms with E-state index in [2.05, 4.69) is 5.32 Å². The number of nitrogens with zero attached hydrogens (tertiary/aromatic N) is 1. The van der Waals surface area contributed by atoms with Crippen LogP contribution < -0.4 is 15.0 Å². The van der Waals surface area contributed by atoms with Gasteiger partial charge < -0.3 is 20.1 Å². The van der Waals surface area contributed by atoms with Gasteiger partial charge in [-0.2, -0.15) is 0 Å². The molecule has 2 rings (SSSR count). The monoisotopic (exact) mass is 306 g/mol. The number of ether oxygens (including phenoxy) is 1. The molecule has 0 fully saturated rings. The summed E-state index contributed by atoms with van der Waals surface area (Å²) in [6.07, 6.45) is 0. The van der Waals surface area contributed by atoms with Gasteiger partial charge in [-0.3, -0.25) is 0 Å². The molecule has 0 amide bonds. The van der Waals surface area contributed by atoms with Gasteiger partial charge in [0.1, 0.15) is 11.5 Å². The lowest BCUT2D eigenvalue weighted by atomic mass is 10.1. The van der Waals surface area contributed by atoms with E-state index >= 15 is 0 Å². The van der Waals surface area contributed by atoms with Gasteiger partial charge in [-0.25, -0.2) is 0 Å². The quantitative estimate of drug-likeness (QED) is 0.883. The Morgan fingerprint density at radius 1 is 1.19 bits per heavy atom. The number of anilines is 2. The van der Waals surface area contributed by atoms with Crippen molar-refractivity contribution >= 4 is 23.0 Å². The second-order valence-electron chi connectivity index (χ2n) is 4.90. The average molecular weight is 307 g/mol. The third-order valence-electron chi connectivity index (χ3n) is 3.20. The van der Waals surface area contributed by atoms with E-state index in [4.69, 9.17) is 16.3 Å². The van der Waals surface area contributed by atoms with Crippen molar-refractivity contribution in [3.8, 4) is 11.5 Å². The van der Waals surface area contributed by atoms with Crippen LogP contribution in [0.3, 0.4) is 0 Å². The van der Waals surface area contributed by atoms with E-state index in [1.54, 1.807) is 19.2 Å². The molecule has 21 heavy (non-hydrogen) atoms. The third kappa shape index (κ3) is 3.73. The zero-order chi connectivity index (χ0) is 15.4. The lowest BCUT2D eigenvalue weighted by molar-refractivity contribution is 0.411. The molecule has 0 aliphatic rings. The van der Waals surface area contributed by atoms with Gasteiger partial charge >= 0.3 is 0 Å². The minimum atomic E-state index is 0.233. The van der Waals surface area contributed by atoms with Gasteiger partial charge in [-0.05, 0) is 36.4 Å². The summed E-state index contributed by atoms with van der Waals surface area (Å²) in [5, 5.41) is 13.9. The van der Waals surface area contributed by atoms with Crippen LogP contribution in [-0.2, 0) is 6.54 Å². The Balaban J connectivity index is 2.22. The second kappa shape index (κ2) is 6.59. The first-order valence-corrected chi connectivity index (χ1v) is 6.95. The summed E-state index contributed by atoms with van der Waals surface area (Å²) in [5.41, 5.74) is 2.70. The van der Waals surface area contributed by atoms with Gasteiger partial charge in [-0.1, -0.05) is 11.6 Å². The van der Waals surface area contributed by atoms with Crippen LogP contribution in [0.2, 0.25) is 5.02 Å². The van der Waals surface area contributed by atoms with Crippen LogP contribution in [0, 0.1) is 0 Å². The highest BCUT2D eigenvalue weighted by Gasteiger charge is 2.08. The van der Waals surface area contributed by atoms with E-state index in [9.17, 15) is 5.11 Å². The third-order valence-corrected chi connectivity index (χ3v) is 3.43. The molecule has 0 aliphatic heterocycles. The fraction of sp³-hybridized carbons (Fsp3) is 0.250. The van der Waals surface area contributed by atoms with Crippen molar-refractivity contribution in [1.82, 2.24) is 0 Å². The fourth-order valence-corrected chi connectivity index (χ4v) is 2.23. The molecule has 0 bridgehead atoms. The molecule has 5 heteroatoms. The van der Waals surface area contributed by atoms with Gasteiger partial charge in [-0.15, -0.1) is 0 Å². The molecule has 4 nitrogen and oxygen atoms in total. The summed E-state index contributed by atoms with van der Waals surface area (Å²) in [4.78, 5) is 2.00. The number of phenolic OH excluding ortho intramolecular Hbond substituents is 1. The molecule has 2 aromatic rings. The van der Waals surface area contributed by atoms with E-state index in [0.29, 0.717) is 17.3 Å². The number of halogens is 1. The summed E-state index contributed by atoms with van der Waals surface area (Å²) in [7, 11) is 5.54. The summed E-state index contributed by atoms with van der Waals surface area (Å²) in [6, 6.07) is 10.8. The van der Waals surface area contributed by atoms with Crippen molar-refractivity contribution in [2.45, 2.75) is 6.54 Å². The van der Waals surface area contributed by atoms with Crippen molar-refractivity contribution in [2.24, 2.45) is 0 Å². The molecule has 0 saturated carbocycles. The topological polar surface area (TPSA) is 44.7 Å². The maximum absolute atomic E-state index is 9.91.